The molecule has 0 amide bonds. The van der Waals surface area contributed by atoms with Gasteiger partial charge in [-0.1, -0.05) is 43.5 Å². The largest absolute Gasteiger partial charge is 0.296 e. The molecule has 0 spiro atoms. The molecule has 2 nitrogen and oxygen atoms in total. The number of hydrogen-bond donors (Lipinski definition) is 0. The molecule has 1 aliphatic rings. The molecule has 0 N–H and O–H groups in total. The lowest BCUT2D eigenvalue weighted by Crippen LogP contribution is -2.38. The molecule has 2 atom stereocenters. The maximum atomic E-state index is 12.2. The van der Waals surface area contributed by atoms with Crippen LogP contribution in [0.4, 0.5) is 0 Å². The molecule has 1 aliphatic carbocycles. The summed E-state index contributed by atoms with van der Waals surface area (Å²) in [7, 11) is 2.06. The van der Waals surface area contributed by atoms with Crippen LogP contribution in [0.3, 0.4) is 0 Å². The third kappa shape index (κ3) is 4.05. The van der Waals surface area contributed by atoms with Gasteiger partial charge < -0.3 is 0 Å². The molecule has 19 heavy (non-hydrogen) atoms. The predicted molar refractivity (Wildman–Crippen MR) is 79.8 cm³/mol. The molecule has 0 bridgehead atoms. The van der Waals surface area contributed by atoms with Crippen LogP contribution in [0, 0.1) is 5.92 Å². The lowest BCUT2D eigenvalue weighted by molar-refractivity contribution is 0.0882. The Morgan fingerprint density at radius 3 is 2.89 bits per heavy atom. The summed E-state index contributed by atoms with van der Waals surface area (Å²) < 4.78 is 0. The minimum absolute atomic E-state index is 0.156. The second-order valence-electron chi connectivity index (χ2n) is 5.77. The Balaban J connectivity index is 1.94. The lowest BCUT2D eigenvalue weighted by Gasteiger charge is -2.33. The first kappa shape index (κ1) is 14.5. The van der Waals surface area contributed by atoms with E-state index < -0.39 is 0 Å². The molecule has 0 aromatic heterocycles. The third-order valence-electron chi connectivity index (χ3n) is 4.07. The third-order valence-corrected chi connectivity index (χ3v) is 4.31. The highest BCUT2D eigenvalue weighted by Crippen LogP contribution is 2.26. The Labute approximate surface area is 120 Å². The van der Waals surface area contributed by atoms with E-state index in [1.807, 2.05) is 12.1 Å². The van der Waals surface area contributed by atoms with Gasteiger partial charge in [0.15, 0.2) is 5.78 Å². The Morgan fingerprint density at radius 1 is 1.42 bits per heavy atom. The van der Waals surface area contributed by atoms with Crippen LogP contribution in [-0.4, -0.2) is 30.3 Å². The summed E-state index contributed by atoms with van der Waals surface area (Å²) in [5.41, 5.74) is 0.711. The number of benzene rings is 1. The van der Waals surface area contributed by atoms with E-state index >= 15 is 0 Å². The fourth-order valence-electron chi connectivity index (χ4n) is 2.91. The summed E-state index contributed by atoms with van der Waals surface area (Å²) in [6.07, 6.45) is 5.02. The van der Waals surface area contributed by atoms with Crippen molar-refractivity contribution in [2.75, 3.05) is 13.6 Å². The van der Waals surface area contributed by atoms with Crippen LogP contribution >= 0.6 is 11.6 Å². The van der Waals surface area contributed by atoms with E-state index in [4.69, 9.17) is 11.6 Å². The van der Waals surface area contributed by atoms with Crippen molar-refractivity contribution in [1.82, 2.24) is 4.90 Å². The van der Waals surface area contributed by atoms with Crippen LogP contribution in [0.15, 0.2) is 24.3 Å². The normalized spacial score (nSPS) is 23.6. The monoisotopic (exact) mass is 279 g/mol. The summed E-state index contributed by atoms with van der Waals surface area (Å²) in [6, 6.07) is 7.77. The summed E-state index contributed by atoms with van der Waals surface area (Å²) in [6.45, 7) is 2.79. The topological polar surface area (TPSA) is 20.3 Å². The fraction of sp³-hybridized carbons (Fsp3) is 0.562. The Morgan fingerprint density at radius 2 is 2.21 bits per heavy atom. The summed E-state index contributed by atoms with van der Waals surface area (Å²) in [4.78, 5) is 14.4. The van der Waals surface area contributed by atoms with Crippen molar-refractivity contribution in [3.8, 4) is 0 Å². The van der Waals surface area contributed by atoms with Crippen molar-refractivity contribution >= 4 is 17.4 Å². The van der Waals surface area contributed by atoms with Crippen LogP contribution < -0.4 is 0 Å². The van der Waals surface area contributed by atoms with E-state index in [9.17, 15) is 4.79 Å². The first-order chi connectivity index (χ1) is 9.06. The maximum absolute atomic E-state index is 12.2. The van der Waals surface area contributed by atoms with E-state index in [1.54, 1.807) is 12.1 Å². The standard InChI is InChI=1S/C16H22ClNO/c1-12-5-3-8-15(9-12)18(2)11-16(19)13-6-4-7-14(17)10-13/h4,6-7,10,12,15H,3,5,8-9,11H2,1-2H3. The number of ketones is 1. The summed E-state index contributed by atoms with van der Waals surface area (Å²) >= 11 is 5.93. The Hall–Kier alpha value is -0.860. The van der Waals surface area contributed by atoms with Gasteiger partial charge in [-0.05, 0) is 37.9 Å². The number of likely N-dealkylation sites (N-methyl/N-ethyl adjacent to an activating group) is 1. The van der Waals surface area contributed by atoms with Gasteiger partial charge in [0.1, 0.15) is 0 Å². The predicted octanol–water partition coefficient (Wildman–Crippen LogP) is 4.03. The molecule has 1 fully saturated rings. The molecule has 2 unspecified atom stereocenters. The molecule has 0 aliphatic heterocycles. The quantitative estimate of drug-likeness (QED) is 0.776. The van der Waals surface area contributed by atoms with Crippen molar-refractivity contribution in [2.45, 2.75) is 38.6 Å². The zero-order valence-electron chi connectivity index (χ0n) is 11.7. The summed E-state index contributed by atoms with van der Waals surface area (Å²) in [5, 5.41) is 0.625. The van der Waals surface area contributed by atoms with Crippen molar-refractivity contribution in [3.05, 3.63) is 34.9 Å². The number of hydrogen-bond acceptors (Lipinski definition) is 2. The molecule has 3 heteroatoms. The average Bonchev–Trinajstić information content (AvgIpc) is 2.38. The molecule has 0 saturated heterocycles. The number of carbonyl (C=O) groups excluding carboxylic acids is 1. The molecule has 1 aromatic rings. The van der Waals surface area contributed by atoms with E-state index in [-0.39, 0.29) is 5.78 Å². The van der Waals surface area contributed by atoms with E-state index in [0.29, 0.717) is 23.2 Å². The van der Waals surface area contributed by atoms with Gasteiger partial charge in [0.2, 0.25) is 0 Å². The first-order valence-corrected chi connectivity index (χ1v) is 7.43. The highest BCUT2D eigenvalue weighted by Gasteiger charge is 2.23. The van der Waals surface area contributed by atoms with Gasteiger partial charge in [-0.25, -0.2) is 0 Å². The van der Waals surface area contributed by atoms with E-state index in [2.05, 4.69) is 18.9 Å². The molecular weight excluding hydrogens is 258 g/mol. The van der Waals surface area contributed by atoms with Crippen LogP contribution in [0.1, 0.15) is 43.0 Å². The Kier molecular flexibility index (Phi) is 5.00. The molecule has 0 radical (unpaired) electrons. The number of halogens is 1. The average molecular weight is 280 g/mol. The molecule has 2 rings (SSSR count). The van der Waals surface area contributed by atoms with Crippen molar-refractivity contribution in [1.29, 1.82) is 0 Å². The molecule has 1 saturated carbocycles. The van der Waals surface area contributed by atoms with Crippen LogP contribution in [-0.2, 0) is 0 Å². The highest BCUT2D eigenvalue weighted by atomic mass is 35.5. The first-order valence-electron chi connectivity index (χ1n) is 7.05. The zero-order valence-corrected chi connectivity index (χ0v) is 12.5. The number of carbonyl (C=O) groups is 1. The fourth-order valence-corrected chi connectivity index (χ4v) is 3.10. The van der Waals surface area contributed by atoms with Crippen molar-refractivity contribution in [3.63, 3.8) is 0 Å². The molecule has 104 valence electrons. The van der Waals surface area contributed by atoms with Crippen molar-refractivity contribution in [2.24, 2.45) is 5.92 Å². The number of nitrogens with zero attached hydrogens (tertiary/aromatic N) is 1. The molecule has 1 aromatic carbocycles. The maximum Gasteiger partial charge on any atom is 0.176 e. The van der Waals surface area contributed by atoms with Crippen molar-refractivity contribution < 1.29 is 4.79 Å². The van der Waals surface area contributed by atoms with E-state index in [1.165, 1.54) is 25.7 Å². The van der Waals surface area contributed by atoms with E-state index in [0.717, 1.165) is 5.92 Å². The van der Waals surface area contributed by atoms with Crippen LogP contribution in [0.5, 0.6) is 0 Å². The second-order valence-corrected chi connectivity index (χ2v) is 6.21. The summed E-state index contributed by atoms with van der Waals surface area (Å²) in [5.74, 6) is 0.936. The van der Waals surface area contributed by atoms with Gasteiger partial charge in [-0.2, -0.15) is 0 Å². The minimum Gasteiger partial charge on any atom is -0.296 e. The van der Waals surface area contributed by atoms with Crippen LogP contribution in [0.25, 0.3) is 0 Å². The Bertz CT molecular complexity index is 446. The molecule has 0 heterocycles. The van der Waals surface area contributed by atoms with Gasteiger partial charge >= 0.3 is 0 Å². The van der Waals surface area contributed by atoms with Gasteiger partial charge in [0.25, 0.3) is 0 Å². The number of Topliss-reactive ketones (excluding diaryl/α,β-unsaturated/α-hetero) is 1. The smallest absolute Gasteiger partial charge is 0.176 e. The molecular formula is C16H22ClNO. The van der Waals surface area contributed by atoms with Crippen LogP contribution in [0.2, 0.25) is 5.02 Å². The van der Waals surface area contributed by atoms with Gasteiger partial charge in [0, 0.05) is 16.6 Å². The van der Waals surface area contributed by atoms with Gasteiger partial charge in [0.05, 0.1) is 6.54 Å². The minimum atomic E-state index is 0.156. The number of rotatable bonds is 4. The second kappa shape index (κ2) is 6.53. The highest BCUT2D eigenvalue weighted by molar-refractivity contribution is 6.31. The SMILES string of the molecule is CC1CCCC(N(C)CC(=O)c2cccc(Cl)c2)C1. The van der Waals surface area contributed by atoms with Gasteiger partial charge in [-0.15, -0.1) is 0 Å². The lowest BCUT2D eigenvalue weighted by atomic mass is 9.86. The zero-order chi connectivity index (χ0) is 13.8. The van der Waals surface area contributed by atoms with Gasteiger partial charge in [-0.3, -0.25) is 9.69 Å².